The number of ether oxygens (including phenoxy) is 1. The lowest BCUT2D eigenvalue weighted by molar-refractivity contribution is 0.371. The van der Waals surface area contributed by atoms with E-state index in [-0.39, 0.29) is 6.04 Å². The van der Waals surface area contributed by atoms with Gasteiger partial charge in [0, 0.05) is 40.8 Å². The van der Waals surface area contributed by atoms with Crippen LogP contribution in [0.3, 0.4) is 0 Å². The van der Waals surface area contributed by atoms with Crippen LogP contribution < -0.4 is 0 Å². The Bertz CT molecular complexity index is 1710. The summed E-state index contributed by atoms with van der Waals surface area (Å²) in [4.78, 5) is 9.78. The topological polar surface area (TPSA) is 66.0 Å². The van der Waals surface area contributed by atoms with Gasteiger partial charge >= 0.3 is 0 Å². The van der Waals surface area contributed by atoms with E-state index in [2.05, 4.69) is 71.0 Å². The lowest BCUT2D eigenvalue weighted by Gasteiger charge is -2.20. The molecule has 6 nitrogen and oxygen atoms in total. The lowest BCUT2D eigenvalue weighted by atomic mass is 10.0. The van der Waals surface area contributed by atoms with Gasteiger partial charge in [-0.3, -0.25) is 9.97 Å². The summed E-state index contributed by atoms with van der Waals surface area (Å²) in [7, 11) is 1.63. The van der Waals surface area contributed by atoms with Crippen molar-refractivity contribution in [1.82, 2.24) is 19.7 Å². The summed E-state index contributed by atoms with van der Waals surface area (Å²) < 4.78 is 13.1. The third kappa shape index (κ3) is 4.40. The average molecular weight is 513 g/mol. The fourth-order valence-electron chi connectivity index (χ4n) is 5.18. The zero-order valence-electron chi connectivity index (χ0n) is 22.1. The van der Waals surface area contributed by atoms with Crippen LogP contribution >= 0.6 is 0 Å². The number of pyridine rings is 2. The molecule has 6 rings (SSSR count). The highest BCUT2D eigenvalue weighted by molar-refractivity contribution is 5.95. The maximum Gasteiger partial charge on any atom is 0.141 e. The van der Waals surface area contributed by atoms with Crippen molar-refractivity contribution in [2.24, 2.45) is 0 Å². The molecule has 1 atom stereocenters. The first kappa shape index (κ1) is 24.4. The molecule has 39 heavy (non-hydrogen) atoms. The van der Waals surface area contributed by atoms with E-state index in [4.69, 9.17) is 19.2 Å². The maximum absolute atomic E-state index is 5.48. The smallest absolute Gasteiger partial charge is 0.141 e. The first-order valence-corrected chi connectivity index (χ1v) is 12.8. The molecule has 6 heteroatoms. The summed E-state index contributed by atoms with van der Waals surface area (Å²) >= 11 is 0. The molecule has 2 aromatic carbocycles. The van der Waals surface area contributed by atoms with Crippen LogP contribution in [0.1, 0.15) is 34.3 Å². The summed E-state index contributed by atoms with van der Waals surface area (Å²) in [5.41, 5.74) is 9.77. The third-order valence-corrected chi connectivity index (χ3v) is 7.12. The summed E-state index contributed by atoms with van der Waals surface area (Å²) in [6.07, 6.45) is 5.93. The molecule has 0 aliphatic heterocycles. The Hall–Kier alpha value is -4.97. The third-order valence-electron chi connectivity index (χ3n) is 7.12. The number of hydrogen-bond donors (Lipinski definition) is 0. The highest BCUT2D eigenvalue weighted by atomic mass is 16.5. The molecule has 4 aromatic heterocycles. The van der Waals surface area contributed by atoms with Gasteiger partial charge in [-0.1, -0.05) is 72.4 Å². The standard InChI is InChI=1S/C33H28N4O2/c1-21-31(23(3)39-36-21)27-18-30-32(35-19-27)28(25-15-13-24(14-16-25)22(2)38-4)20-37(30)33(26-10-6-5-7-11-26)29-12-8-9-17-34-29/h5-20,33H,2H2,1,3-4H3/t33-/m0/s1. The van der Waals surface area contributed by atoms with Crippen LogP contribution in [0.15, 0.2) is 109 Å². The Balaban J connectivity index is 1.61. The Morgan fingerprint density at radius 1 is 0.923 bits per heavy atom. The second-order valence-electron chi connectivity index (χ2n) is 9.51. The van der Waals surface area contributed by atoms with Crippen LogP contribution in [0.25, 0.3) is 39.0 Å². The molecule has 0 aliphatic carbocycles. The second kappa shape index (κ2) is 10.1. The molecular weight excluding hydrogens is 484 g/mol. The van der Waals surface area contributed by atoms with Gasteiger partial charge in [0.1, 0.15) is 17.6 Å². The largest absolute Gasteiger partial charge is 0.497 e. The van der Waals surface area contributed by atoms with Gasteiger partial charge in [0.25, 0.3) is 0 Å². The minimum atomic E-state index is -0.155. The summed E-state index contributed by atoms with van der Waals surface area (Å²) in [5, 5.41) is 4.17. The van der Waals surface area contributed by atoms with Crippen LogP contribution in [0.4, 0.5) is 0 Å². The van der Waals surface area contributed by atoms with Gasteiger partial charge in [0.15, 0.2) is 0 Å². The predicted molar refractivity (Wildman–Crippen MR) is 154 cm³/mol. The molecule has 0 saturated carbocycles. The summed E-state index contributed by atoms with van der Waals surface area (Å²) in [6.45, 7) is 7.87. The van der Waals surface area contributed by atoms with Crippen LogP contribution in [0, 0.1) is 13.8 Å². The van der Waals surface area contributed by atoms with Gasteiger partial charge in [-0.15, -0.1) is 0 Å². The predicted octanol–water partition coefficient (Wildman–Crippen LogP) is 7.62. The number of nitrogens with zero attached hydrogens (tertiary/aromatic N) is 4. The molecule has 0 fully saturated rings. The van der Waals surface area contributed by atoms with Crippen molar-refractivity contribution in [3.05, 3.63) is 132 Å². The van der Waals surface area contributed by atoms with Crippen LogP contribution in [0.2, 0.25) is 0 Å². The Morgan fingerprint density at radius 3 is 2.36 bits per heavy atom. The normalized spacial score (nSPS) is 12.0. The Labute approximate surface area is 227 Å². The minimum Gasteiger partial charge on any atom is -0.497 e. The van der Waals surface area contributed by atoms with E-state index in [1.54, 1.807) is 7.11 Å². The second-order valence-corrected chi connectivity index (χ2v) is 9.51. The first-order valence-electron chi connectivity index (χ1n) is 12.8. The molecule has 0 unspecified atom stereocenters. The van der Waals surface area contributed by atoms with Crippen LogP contribution in [0.5, 0.6) is 0 Å². The van der Waals surface area contributed by atoms with E-state index in [9.17, 15) is 0 Å². The van der Waals surface area contributed by atoms with E-state index >= 15 is 0 Å². The number of benzene rings is 2. The number of hydrogen-bond acceptors (Lipinski definition) is 5. The number of fused-ring (bicyclic) bond motifs is 1. The number of aromatic nitrogens is 4. The molecule has 0 bridgehead atoms. The highest BCUT2D eigenvalue weighted by Crippen LogP contribution is 2.38. The van der Waals surface area contributed by atoms with Crippen molar-refractivity contribution in [2.75, 3.05) is 7.11 Å². The quantitative estimate of drug-likeness (QED) is 0.206. The van der Waals surface area contributed by atoms with E-state index in [1.807, 2.05) is 56.6 Å². The average Bonchev–Trinajstić information content (AvgIpc) is 3.52. The van der Waals surface area contributed by atoms with Crippen molar-refractivity contribution in [3.63, 3.8) is 0 Å². The van der Waals surface area contributed by atoms with Gasteiger partial charge in [-0.05, 0) is 43.2 Å². The Kier molecular flexibility index (Phi) is 6.29. The molecule has 4 heterocycles. The monoisotopic (exact) mass is 512 g/mol. The molecule has 0 aliphatic rings. The van der Waals surface area contributed by atoms with Gasteiger partial charge in [0.05, 0.1) is 29.5 Å². The fourth-order valence-corrected chi connectivity index (χ4v) is 5.18. The maximum atomic E-state index is 5.48. The van der Waals surface area contributed by atoms with Crippen LogP contribution in [-0.4, -0.2) is 26.8 Å². The van der Waals surface area contributed by atoms with E-state index < -0.39 is 0 Å². The molecule has 6 aromatic rings. The zero-order chi connectivity index (χ0) is 26.9. The Morgan fingerprint density at radius 2 is 1.69 bits per heavy atom. The van der Waals surface area contributed by atoms with E-state index in [1.165, 1.54) is 0 Å². The van der Waals surface area contributed by atoms with Gasteiger partial charge in [0.2, 0.25) is 0 Å². The van der Waals surface area contributed by atoms with Crippen molar-refractivity contribution in [3.8, 4) is 22.3 Å². The van der Waals surface area contributed by atoms with Gasteiger partial charge in [-0.2, -0.15) is 0 Å². The van der Waals surface area contributed by atoms with Crippen molar-refractivity contribution < 1.29 is 9.26 Å². The fraction of sp³-hybridized carbons (Fsp3) is 0.121. The lowest BCUT2D eigenvalue weighted by Crippen LogP contribution is -2.13. The first-order chi connectivity index (χ1) is 19.0. The van der Waals surface area contributed by atoms with Crippen molar-refractivity contribution in [1.29, 1.82) is 0 Å². The zero-order valence-corrected chi connectivity index (χ0v) is 22.1. The number of rotatable bonds is 7. The minimum absolute atomic E-state index is 0.155. The summed E-state index contributed by atoms with van der Waals surface area (Å²) in [6, 6.07) is 26.7. The van der Waals surface area contributed by atoms with E-state index in [0.29, 0.717) is 5.76 Å². The van der Waals surface area contributed by atoms with Crippen LogP contribution in [-0.2, 0) is 4.74 Å². The molecule has 0 amide bonds. The van der Waals surface area contributed by atoms with Crippen molar-refractivity contribution >= 4 is 16.8 Å². The molecule has 0 radical (unpaired) electrons. The number of aryl methyl sites for hydroxylation is 2. The van der Waals surface area contributed by atoms with E-state index in [0.717, 1.165) is 61.6 Å². The van der Waals surface area contributed by atoms with Gasteiger partial charge in [-0.25, -0.2) is 0 Å². The molecular formula is C33H28N4O2. The molecule has 192 valence electrons. The number of methoxy groups -OCH3 is 1. The molecule has 0 N–H and O–H groups in total. The van der Waals surface area contributed by atoms with Crippen molar-refractivity contribution in [2.45, 2.75) is 19.9 Å². The van der Waals surface area contributed by atoms with Gasteiger partial charge < -0.3 is 13.8 Å². The highest BCUT2D eigenvalue weighted by Gasteiger charge is 2.24. The summed E-state index contributed by atoms with van der Waals surface area (Å²) in [5.74, 6) is 1.40. The molecule has 0 spiro atoms. The SMILES string of the molecule is C=C(OC)c1ccc(-c2cn([C@@H](c3ccccc3)c3ccccn3)c3cc(-c4c(C)noc4C)cnc23)cc1. The molecule has 0 saturated heterocycles.